The lowest BCUT2D eigenvalue weighted by Crippen LogP contribution is -2.22. The zero-order chi connectivity index (χ0) is 17.1. The lowest BCUT2D eigenvalue weighted by Gasteiger charge is -2.09. The van der Waals surface area contributed by atoms with Crippen LogP contribution < -0.4 is 5.11 Å². The number of azo groups is 1. The van der Waals surface area contributed by atoms with Gasteiger partial charge in [-0.25, -0.2) is 0 Å². The molecular formula is C17H13N4O3-. The molecule has 0 radical (unpaired) electrons. The first kappa shape index (κ1) is 15.4. The van der Waals surface area contributed by atoms with Crippen molar-refractivity contribution in [1.82, 2.24) is 9.55 Å². The number of carboxylic acid groups (broad SMARTS) is 1. The van der Waals surface area contributed by atoms with Gasteiger partial charge >= 0.3 is 0 Å². The molecule has 0 saturated carbocycles. The van der Waals surface area contributed by atoms with Crippen LogP contribution in [0.2, 0.25) is 0 Å². The van der Waals surface area contributed by atoms with Gasteiger partial charge in [0.15, 0.2) is 0 Å². The Bertz CT molecular complexity index is 917. The van der Waals surface area contributed by atoms with Gasteiger partial charge < -0.3 is 15.0 Å². The van der Waals surface area contributed by atoms with E-state index in [9.17, 15) is 15.0 Å². The van der Waals surface area contributed by atoms with Crippen LogP contribution in [0.1, 0.15) is 16.2 Å². The van der Waals surface area contributed by atoms with E-state index in [0.717, 1.165) is 0 Å². The summed E-state index contributed by atoms with van der Waals surface area (Å²) in [5, 5.41) is 29.2. The Hall–Kier alpha value is -3.48. The second-order valence-electron chi connectivity index (χ2n) is 5.01. The van der Waals surface area contributed by atoms with E-state index in [0.29, 0.717) is 17.2 Å². The Labute approximate surface area is 137 Å². The molecule has 0 saturated heterocycles. The van der Waals surface area contributed by atoms with E-state index in [1.54, 1.807) is 31.2 Å². The molecule has 3 rings (SSSR count). The number of aromatic carboxylic acids is 1. The summed E-state index contributed by atoms with van der Waals surface area (Å²) in [5.41, 5.74) is 1.13. The predicted molar refractivity (Wildman–Crippen MR) is 84.9 cm³/mol. The molecule has 0 amide bonds. The summed E-state index contributed by atoms with van der Waals surface area (Å²) in [6.45, 7) is 1.67. The number of carbonyl (C=O) groups is 1. The van der Waals surface area contributed by atoms with E-state index in [4.69, 9.17) is 0 Å². The minimum atomic E-state index is -1.29. The number of benzene rings is 2. The zero-order valence-electron chi connectivity index (χ0n) is 12.7. The van der Waals surface area contributed by atoms with Gasteiger partial charge in [0.1, 0.15) is 5.82 Å². The van der Waals surface area contributed by atoms with Crippen LogP contribution in [0.3, 0.4) is 0 Å². The molecule has 0 spiro atoms. The van der Waals surface area contributed by atoms with E-state index in [1.165, 1.54) is 16.7 Å². The fourth-order valence-electron chi connectivity index (χ4n) is 2.28. The first-order chi connectivity index (χ1) is 11.6. The third kappa shape index (κ3) is 3.00. The van der Waals surface area contributed by atoms with E-state index in [-0.39, 0.29) is 17.3 Å². The Morgan fingerprint density at radius 2 is 1.88 bits per heavy atom. The normalized spacial score (nSPS) is 11.0. The molecule has 24 heavy (non-hydrogen) atoms. The van der Waals surface area contributed by atoms with Gasteiger partial charge in [-0.05, 0) is 36.8 Å². The fourth-order valence-corrected chi connectivity index (χ4v) is 2.28. The van der Waals surface area contributed by atoms with Gasteiger partial charge in [-0.1, -0.05) is 30.3 Å². The van der Waals surface area contributed by atoms with Crippen molar-refractivity contribution in [3.8, 4) is 11.6 Å². The summed E-state index contributed by atoms with van der Waals surface area (Å²) in [4.78, 5) is 15.0. The van der Waals surface area contributed by atoms with Crippen LogP contribution >= 0.6 is 0 Å². The van der Waals surface area contributed by atoms with Crippen molar-refractivity contribution in [1.29, 1.82) is 0 Å². The van der Waals surface area contributed by atoms with Crippen LogP contribution in [0.5, 0.6) is 5.88 Å². The standard InChI is InChI=1S/C17H14N4O3/c1-11-18-16(22)15(20-19-13-7-3-2-4-8-13)21(11)14-9-5-6-12(10-14)17(23)24/h2-10,22H,1H3,(H,23,24)/p-1. The highest BCUT2D eigenvalue weighted by atomic mass is 16.4. The van der Waals surface area contributed by atoms with E-state index >= 15 is 0 Å². The first-order valence-corrected chi connectivity index (χ1v) is 7.13. The SMILES string of the molecule is Cc1nc(O)c(N=Nc2ccccc2)n1-c1cccc(C(=O)[O-])c1. The number of aromatic nitrogens is 2. The van der Waals surface area contributed by atoms with Gasteiger partial charge in [0.2, 0.25) is 5.82 Å². The molecule has 1 aromatic heterocycles. The van der Waals surface area contributed by atoms with E-state index in [1.807, 2.05) is 18.2 Å². The average Bonchev–Trinajstić information content (AvgIpc) is 2.87. The van der Waals surface area contributed by atoms with Crippen molar-refractivity contribution >= 4 is 17.5 Å². The third-order valence-electron chi connectivity index (χ3n) is 3.36. The molecule has 1 N–H and O–H groups in total. The topological polar surface area (TPSA) is 103 Å². The van der Waals surface area contributed by atoms with Gasteiger partial charge in [0, 0.05) is 5.69 Å². The quantitative estimate of drug-likeness (QED) is 0.746. The smallest absolute Gasteiger partial charge is 0.259 e. The number of carboxylic acids is 1. The molecular weight excluding hydrogens is 308 g/mol. The van der Waals surface area contributed by atoms with Crippen LogP contribution in [0.15, 0.2) is 64.8 Å². The van der Waals surface area contributed by atoms with Crippen LogP contribution in [0.4, 0.5) is 11.5 Å². The highest BCUT2D eigenvalue weighted by Gasteiger charge is 2.15. The van der Waals surface area contributed by atoms with Gasteiger partial charge in [-0.3, -0.25) is 4.57 Å². The summed E-state index contributed by atoms with van der Waals surface area (Å²) in [6.07, 6.45) is 0. The van der Waals surface area contributed by atoms with Gasteiger partial charge in [0.25, 0.3) is 5.88 Å². The zero-order valence-corrected chi connectivity index (χ0v) is 12.7. The van der Waals surface area contributed by atoms with Crippen LogP contribution in [-0.4, -0.2) is 20.6 Å². The Morgan fingerprint density at radius 1 is 1.12 bits per heavy atom. The molecule has 7 nitrogen and oxygen atoms in total. The lowest BCUT2D eigenvalue weighted by molar-refractivity contribution is -0.255. The van der Waals surface area contributed by atoms with Crippen molar-refractivity contribution in [3.05, 3.63) is 66.0 Å². The molecule has 0 atom stereocenters. The molecule has 0 aliphatic heterocycles. The highest BCUT2D eigenvalue weighted by Crippen LogP contribution is 2.32. The van der Waals surface area contributed by atoms with Crippen molar-refractivity contribution in [2.75, 3.05) is 0 Å². The van der Waals surface area contributed by atoms with Crippen molar-refractivity contribution in [3.63, 3.8) is 0 Å². The molecule has 7 heteroatoms. The second kappa shape index (κ2) is 6.33. The molecule has 0 fully saturated rings. The number of hydrogen-bond donors (Lipinski definition) is 1. The van der Waals surface area contributed by atoms with Crippen molar-refractivity contribution in [2.45, 2.75) is 6.92 Å². The van der Waals surface area contributed by atoms with Crippen LogP contribution in [-0.2, 0) is 0 Å². The van der Waals surface area contributed by atoms with Crippen molar-refractivity contribution in [2.24, 2.45) is 10.2 Å². The Balaban J connectivity index is 2.08. The molecule has 1 heterocycles. The first-order valence-electron chi connectivity index (χ1n) is 7.13. The molecule has 2 aromatic carbocycles. The maximum Gasteiger partial charge on any atom is 0.259 e. The van der Waals surface area contributed by atoms with E-state index in [2.05, 4.69) is 15.2 Å². The number of imidazole rings is 1. The molecule has 0 bridgehead atoms. The molecule has 3 aromatic rings. The highest BCUT2D eigenvalue weighted by molar-refractivity contribution is 5.86. The number of aromatic hydroxyl groups is 1. The predicted octanol–water partition coefficient (Wildman–Crippen LogP) is 2.67. The second-order valence-corrected chi connectivity index (χ2v) is 5.01. The summed E-state index contributed by atoms with van der Waals surface area (Å²) in [7, 11) is 0. The minimum absolute atomic E-state index is 0.0195. The monoisotopic (exact) mass is 321 g/mol. The maximum atomic E-state index is 11.0. The number of nitrogens with zero attached hydrogens (tertiary/aromatic N) is 4. The fraction of sp³-hybridized carbons (Fsp3) is 0.0588. The van der Waals surface area contributed by atoms with Crippen LogP contribution in [0, 0.1) is 6.92 Å². The molecule has 0 unspecified atom stereocenters. The molecule has 0 aliphatic rings. The third-order valence-corrected chi connectivity index (χ3v) is 3.36. The summed E-state index contributed by atoms with van der Waals surface area (Å²) >= 11 is 0. The minimum Gasteiger partial charge on any atom is -0.545 e. The van der Waals surface area contributed by atoms with Crippen molar-refractivity contribution < 1.29 is 15.0 Å². The van der Waals surface area contributed by atoms with E-state index < -0.39 is 5.97 Å². The number of aryl methyl sites for hydroxylation is 1. The summed E-state index contributed by atoms with van der Waals surface area (Å²) < 4.78 is 1.52. The van der Waals surface area contributed by atoms with Gasteiger partial charge in [-0.2, -0.15) is 4.98 Å². The van der Waals surface area contributed by atoms with Gasteiger partial charge in [-0.15, -0.1) is 10.2 Å². The average molecular weight is 321 g/mol. The summed E-state index contributed by atoms with van der Waals surface area (Å²) in [5.74, 6) is -1.01. The summed E-state index contributed by atoms with van der Waals surface area (Å²) in [6, 6.07) is 15.1. The number of hydrogen-bond acceptors (Lipinski definition) is 6. The number of rotatable bonds is 4. The maximum absolute atomic E-state index is 11.0. The molecule has 120 valence electrons. The van der Waals surface area contributed by atoms with Crippen LogP contribution in [0.25, 0.3) is 5.69 Å². The Kier molecular flexibility index (Phi) is 4.07. The van der Waals surface area contributed by atoms with Gasteiger partial charge in [0.05, 0.1) is 11.7 Å². The molecule has 0 aliphatic carbocycles. The lowest BCUT2D eigenvalue weighted by atomic mass is 10.2. The largest absolute Gasteiger partial charge is 0.545 e. The number of carbonyl (C=O) groups excluding carboxylic acids is 1. The Morgan fingerprint density at radius 3 is 2.58 bits per heavy atom.